The van der Waals surface area contributed by atoms with Crippen molar-refractivity contribution in [3.8, 4) is 5.75 Å². The molecule has 0 unspecified atom stereocenters. The molecule has 2 heterocycles. The quantitative estimate of drug-likeness (QED) is 0.908. The number of piperidine rings is 1. The largest absolute Gasteiger partial charge is 0.497 e. The second-order valence-electron chi connectivity index (χ2n) is 6.62. The molecule has 1 aliphatic heterocycles. The number of hydrogen-bond donors (Lipinski definition) is 1. The first kappa shape index (κ1) is 17.7. The molecule has 0 saturated carbocycles. The van der Waals surface area contributed by atoms with Crippen LogP contribution in [0.5, 0.6) is 5.75 Å². The Bertz CT molecular complexity index is 787. The van der Waals surface area contributed by atoms with Gasteiger partial charge in [-0.3, -0.25) is 9.59 Å². The van der Waals surface area contributed by atoms with E-state index in [1.54, 1.807) is 7.11 Å². The maximum atomic E-state index is 12.6. The normalized spacial score (nSPS) is 17.8. The minimum atomic E-state index is -0.182. The molecule has 1 fully saturated rings. The van der Waals surface area contributed by atoms with Crippen LogP contribution >= 0.6 is 11.3 Å². The molecule has 7 heteroatoms. The lowest BCUT2D eigenvalue weighted by Crippen LogP contribution is -2.45. The second kappa shape index (κ2) is 7.39. The number of nitrogens with zero attached hydrogens (tertiary/aromatic N) is 2. The van der Waals surface area contributed by atoms with Gasteiger partial charge >= 0.3 is 0 Å². The van der Waals surface area contributed by atoms with Crippen molar-refractivity contribution in [1.29, 1.82) is 0 Å². The minimum Gasteiger partial charge on any atom is -0.497 e. The van der Waals surface area contributed by atoms with Gasteiger partial charge in [-0.2, -0.15) is 0 Å². The van der Waals surface area contributed by atoms with Crippen molar-refractivity contribution < 1.29 is 14.3 Å². The van der Waals surface area contributed by atoms with Crippen LogP contribution in [0.3, 0.4) is 0 Å². The smallest absolute Gasteiger partial charge is 0.231 e. The van der Waals surface area contributed by atoms with Crippen LogP contribution in [0, 0.1) is 11.8 Å². The molecule has 25 heavy (non-hydrogen) atoms. The Morgan fingerprint density at radius 2 is 2.20 bits per heavy atom. The van der Waals surface area contributed by atoms with Crippen molar-refractivity contribution in [2.45, 2.75) is 26.7 Å². The number of likely N-dealkylation sites (tertiary alicyclic amines) is 1. The van der Waals surface area contributed by atoms with Gasteiger partial charge in [-0.25, -0.2) is 4.98 Å². The van der Waals surface area contributed by atoms with E-state index in [0.29, 0.717) is 11.7 Å². The molecule has 2 aromatic rings. The Morgan fingerprint density at radius 1 is 1.40 bits per heavy atom. The zero-order valence-electron chi connectivity index (χ0n) is 14.7. The van der Waals surface area contributed by atoms with E-state index in [1.165, 1.54) is 11.3 Å². The molecular formula is C18H23N3O3S. The molecule has 0 spiro atoms. The monoisotopic (exact) mass is 361 g/mol. The number of aromatic nitrogens is 1. The maximum Gasteiger partial charge on any atom is 0.231 e. The van der Waals surface area contributed by atoms with Crippen molar-refractivity contribution in [3.63, 3.8) is 0 Å². The summed E-state index contributed by atoms with van der Waals surface area (Å²) in [6.45, 7) is 5.01. The summed E-state index contributed by atoms with van der Waals surface area (Å²) in [5, 5.41) is 3.50. The number of rotatable bonds is 4. The fourth-order valence-electron chi connectivity index (χ4n) is 3.05. The highest BCUT2D eigenvalue weighted by Crippen LogP contribution is 2.30. The third-order valence-corrected chi connectivity index (χ3v) is 5.36. The molecule has 3 rings (SSSR count). The Hall–Kier alpha value is -2.15. The van der Waals surface area contributed by atoms with E-state index in [0.717, 1.165) is 35.4 Å². The van der Waals surface area contributed by atoms with Gasteiger partial charge in [-0.15, -0.1) is 0 Å². The highest BCUT2D eigenvalue weighted by Gasteiger charge is 2.29. The van der Waals surface area contributed by atoms with Gasteiger partial charge in [-0.1, -0.05) is 25.2 Å². The molecule has 1 aromatic carbocycles. The van der Waals surface area contributed by atoms with E-state index >= 15 is 0 Å². The average Bonchev–Trinajstić information content (AvgIpc) is 3.02. The summed E-state index contributed by atoms with van der Waals surface area (Å²) in [6, 6.07) is 5.64. The number of methoxy groups -OCH3 is 1. The summed E-state index contributed by atoms with van der Waals surface area (Å²) in [6.07, 6.45) is 1.65. The molecule has 1 atom stereocenters. The van der Waals surface area contributed by atoms with Crippen LogP contribution in [0.2, 0.25) is 0 Å². The fraction of sp³-hybridized carbons (Fsp3) is 0.500. The molecule has 6 nitrogen and oxygen atoms in total. The molecule has 134 valence electrons. The molecule has 1 saturated heterocycles. The van der Waals surface area contributed by atoms with Gasteiger partial charge in [0.15, 0.2) is 5.13 Å². The highest BCUT2D eigenvalue weighted by atomic mass is 32.1. The summed E-state index contributed by atoms with van der Waals surface area (Å²) in [5.41, 5.74) is 0.835. The Kier molecular flexibility index (Phi) is 5.22. The average molecular weight is 361 g/mol. The molecule has 0 bridgehead atoms. The molecule has 2 amide bonds. The first-order chi connectivity index (χ1) is 12.0. The van der Waals surface area contributed by atoms with Crippen LogP contribution in [0.4, 0.5) is 5.13 Å². The zero-order chi connectivity index (χ0) is 18.0. The predicted octanol–water partition coefficient (Wildman–Crippen LogP) is 3.14. The fourth-order valence-corrected chi connectivity index (χ4v) is 3.95. The molecule has 0 radical (unpaired) electrons. The van der Waals surface area contributed by atoms with Crippen molar-refractivity contribution >= 4 is 38.5 Å². The summed E-state index contributed by atoms with van der Waals surface area (Å²) in [7, 11) is 1.62. The first-order valence-corrected chi connectivity index (χ1v) is 9.34. The molecule has 1 aliphatic rings. The standard InChI is InChI=1S/C18H23N3O3S/c1-11(2)17(23)21-8-4-5-12(10-21)16(22)20-18-19-14-7-6-13(24-3)9-15(14)25-18/h6-7,9,11-12H,4-5,8,10H2,1-3H3,(H,19,20,22)/t12-/m0/s1. The van der Waals surface area contributed by atoms with Crippen molar-refractivity contribution in [2.24, 2.45) is 11.8 Å². The second-order valence-corrected chi connectivity index (χ2v) is 7.65. The maximum absolute atomic E-state index is 12.6. The summed E-state index contributed by atoms with van der Waals surface area (Å²) in [5.74, 6) is 0.597. The van der Waals surface area contributed by atoms with E-state index in [2.05, 4.69) is 10.3 Å². The number of benzene rings is 1. The lowest BCUT2D eigenvalue weighted by Gasteiger charge is -2.33. The highest BCUT2D eigenvalue weighted by molar-refractivity contribution is 7.22. The number of nitrogens with one attached hydrogen (secondary N) is 1. The van der Waals surface area contributed by atoms with E-state index in [9.17, 15) is 9.59 Å². The van der Waals surface area contributed by atoms with E-state index < -0.39 is 0 Å². The van der Waals surface area contributed by atoms with E-state index in [1.807, 2.05) is 36.9 Å². The van der Waals surface area contributed by atoms with Crippen LogP contribution in [0.1, 0.15) is 26.7 Å². The Balaban J connectivity index is 1.68. The first-order valence-electron chi connectivity index (χ1n) is 8.52. The number of fused-ring (bicyclic) bond motifs is 1. The molecule has 0 aliphatic carbocycles. The Labute approximate surface area is 151 Å². The van der Waals surface area contributed by atoms with Crippen LogP contribution in [0.15, 0.2) is 18.2 Å². The lowest BCUT2D eigenvalue weighted by molar-refractivity contribution is -0.137. The van der Waals surface area contributed by atoms with Crippen LogP contribution < -0.4 is 10.1 Å². The van der Waals surface area contributed by atoms with Gasteiger partial charge in [0.05, 0.1) is 23.2 Å². The van der Waals surface area contributed by atoms with Crippen LogP contribution in [-0.4, -0.2) is 41.9 Å². The van der Waals surface area contributed by atoms with Gasteiger partial charge < -0.3 is 15.0 Å². The third kappa shape index (κ3) is 3.92. The van der Waals surface area contributed by atoms with E-state index in [-0.39, 0.29) is 23.7 Å². The van der Waals surface area contributed by atoms with Crippen molar-refractivity contribution in [1.82, 2.24) is 9.88 Å². The van der Waals surface area contributed by atoms with Gasteiger partial charge in [0.25, 0.3) is 0 Å². The Morgan fingerprint density at radius 3 is 2.92 bits per heavy atom. The van der Waals surface area contributed by atoms with Gasteiger partial charge in [-0.05, 0) is 31.0 Å². The zero-order valence-corrected chi connectivity index (χ0v) is 15.6. The minimum absolute atomic E-state index is 0.0407. The summed E-state index contributed by atoms with van der Waals surface area (Å²) >= 11 is 1.43. The predicted molar refractivity (Wildman–Crippen MR) is 98.9 cm³/mol. The van der Waals surface area contributed by atoms with Crippen LogP contribution in [0.25, 0.3) is 10.2 Å². The topological polar surface area (TPSA) is 71.5 Å². The molecule has 1 N–H and O–H groups in total. The number of hydrogen-bond acceptors (Lipinski definition) is 5. The van der Waals surface area contributed by atoms with Crippen molar-refractivity contribution in [2.75, 3.05) is 25.5 Å². The number of carbonyl (C=O) groups is 2. The molecule has 1 aromatic heterocycles. The number of amides is 2. The van der Waals surface area contributed by atoms with Gasteiger partial charge in [0.2, 0.25) is 11.8 Å². The summed E-state index contributed by atoms with van der Waals surface area (Å²) in [4.78, 5) is 31.0. The lowest BCUT2D eigenvalue weighted by atomic mass is 9.96. The number of anilines is 1. The van der Waals surface area contributed by atoms with Crippen molar-refractivity contribution in [3.05, 3.63) is 18.2 Å². The van der Waals surface area contributed by atoms with Gasteiger partial charge in [0, 0.05) is 19.0 Å². The number of carbonyl (C=O) groups excluding carboxylic acids is 2. The SMILES string of the molecule is COc1ccc2nc(NC(=O)[C@H]3CCCN(C(=O)C(C)C)C3)sc2c1. The third-order valence-electron chi connectivity index (χ3n) is 4.42. The summed E-state index contributed by atoms with van der Waals surface area (Å²) < 4.78 is 6.18. The number of ether oxygens (including phenoxy) is 1. The van der Waals surface area contributed by atoms with E-state index in [4.69, 9.17) is 4.74 Å². The number of thiazole rings is 1. The molecular weight excluding hydrogens is 338 g/mol. The van der Waals surface area contributed by atoms with Crippen LogP contribution in [-0.2, 0) is 9.59 Å². The van der Waals surface area contributed by atoms with Gasteiger partial charge in [0.1, 0.15) is 5.75 Å².